The molecule has 0 aliphatic heterocycles. The van der Waals surface area contributed by atoms with Gasteiger partial charge in [-0.1, -0.05) is 54.1 Å². The summed E-state index contributed by atoms with van der Waals surface area (Å²) in [5.74, 6) is 0.242. The minimum absolute atomic E-state index is 0.196. The van der Waals surface area contributed by atoms with E-state index in [0.29, 0.717) is 0 Å². The first-order chi connectivity index (χ1) is 8.78. The second-order valence-corrected chi connectivity index (χ2v) is 5.01. The highest BCUT2D eigenvalue weighted by Crippen LogP contribution is 2.17. The van der Waals surface area contributed by atoms with E-state index in [-0.39, 0.29) is 12.5 Å². The molecule has 0 amide bonds. The smallest absolute Gasteiger partial charge is 0.0465 e. The molecule has 0 aromatic heterocycles. The summed E-state index contributed by atoms with van der Waals surface area (Å²) in [5, 5.41) is 10.2. The SMILES string of the molecule is OCC(Cc1ccccc1)Cc1cccc(Cl)c1. The maximum Gasteiger partial charge on any atom is 0.0465 e. The van der Waals surface area contributed by atoms with Crippen LogP contribution in [0.4, 0.5) is 0 Å². The third-order valence-electron chi connectivity index (χ3n) is 3.04. The molecule has 0 radical (unpaired) electrons. The van der Waals surface area contributed by atoms with E-state index in [1.807, 2.05) is 36.4 Å². The molecule has 1 unspecified atom stereocenters. The van der Waals surface area contributed by atoms with Gasteiger partial charge in [0.25, 0.3) is 0 Å². The van der Waals surface area contributed by atoms with Crippen molar-refractivity contribution in [1.29, 1.82) is 0 Å². The van der Waals surface area contributed by atoms with Crippen LogP contribution >= 0.6 is 11.6 Å². The van der Waals surface area contributed by atoms with E-state index < -0.39 is 0 Å². The number of rotatable bonds is 5. The quantitative estimate of drug-likeness (QED) is 0.869. The van der Waals surface area contributed by atoms with Crippen molar-refractivity contribution in [3.8, 4) is 0 Å². The third-order valence-corrected chi connectivity index (χ3v) is 3.27. The Bertz CT molecular complexity index is 481. The highest BCUT2D eigenvalue weighted by molar-refractivity contribution is 6.30. The van der Waals surface area contributed by atoms with Crippen LogP contribution in [0, 0.1) is 5.92 Å². The highest BCUT2D eigenvalue weighted by Gasteiger charge is 2.09. The van der Waals surface area contributed by atoms with Crippen molar-refractivity contribution < 1.29 is 5.11 Å². The molecule has 94 valence electrons. The maximum absolute atomic E-state index is 9.48. The molecule has 0 bridgehead atoms. The predicted molar refractivity (Wildman–Crippen MR) is 75.9 cm³/mol. The first-order valence-corrected chi connectivity index (χ1v) is 6.55. The van der Waals surface area contributed by atoms with Gasteiger partial charge in [0.2, 0.25) is 0 Å². The number of halogens is 1. The van der Waals surface area contributed by atoms with E-state index in [1.165, 1.54) is 11.1 Å². The molecule has 0 aliphatic rings. The van der Waals surface area contributed by atoms with E-state index in [4.69, 9.17) is 11.6 Å². The fourth-order valence-electron chi connectivity index (χ4n) is 2.15. The van der Waals surface area contributed by atoms with Crippen LogP contribution in [-0.2, 0) is 12.8 Å². The van der Waals surface area contributed by atoms with Gasteiger partial charge in [0, 0.05) is 11.6 Å². The van der Waals surface area contributed by atoms with Gasteiger partial charge in [0.05, 0.1) is 0 Å². The summed E-state index contributed by atoms with van der Waals surface area (Å²) in [6.07, 6.45) is 1.75. The summed E-state index contributed by atoms with van der Waals surface area (Å²) in [6, 6.07) is 18.1. The lowest BCUT2D eigenvalue weighted by Crippen LogP contribution is -2.12. The molecule has 0 saturated carbocycles. The zero-order chi connectivity index (χ0) is 12.8. The second kappa shape index (κ2) is 6.58. The minimum Gasteiger partial charge on any atom is -0.396 e. The lowest BCUT2D eigenvalue weighted by Gasteiger charge is -2.14. The lowest BCUT2D eigenvalue weighted by atomic mass is 9.93. The van der Waals surface area contributed by atoms with Crippen LogP contribution in [0.5, 0.6) is 0 Å². The molecule has 1 atom stereocenters. The molecule has 0 fully saturated rings. The van der Waals surface area contributed by atoms with Crippen LogP contribution in [-0.4, -0.2) is 11.7 Å². The van der Waals surface area contributed by atoms with Gasteiger partial charge in [0.1, 0.15) is 0 Å². The Labute approximate surface area is 113 Å². The van der Waals surface area contributed by atoms with Crippen LogP contribution in [0.25, 0.3) is 0 Å². The number of aliphatic hydroxyl groups is 1. The maximum atomic E-state index is 9.48. The molecule has 0 heterocycles. The Kier molecular flexibility index (Phi) is 4.80. The van der Waals surface area contributed by atoms with Gasteiger partial charge in [-0.05, 0) is 42.0 Å². The molecule has 18 heavy (non-hydrogen) atoms. The summed E-state index contributed by atoms with van der Waals surface area (Å²) in [7, 11) is 0. The number of benzene rings is 2. The third kappa shape index (κ3) is 3.86. The minimum atomic E-state index is 0.196. The van der Waals surface area contributed by atoms with Crippen molar-refractivity contribution in [2.75, 3.05) is 6.61 Å². The van der Waals surface area contributed by atoms with Crippen LogP contribution in [0.15, 0.2) is 54.6 Å². The zero-order valence-corrected chi connectivity index (χ0v) is 11.0. The zero-order valence-electron chi connectivity index (χ0n) is 10.2. The number of hydrogen-bond acceptors (Lipinski definition) is 1. The first-order valence-electron chi connectivity index (χ1n) is 6.17. The van der Waals surface area contributed by atoms with Gasteiger partial charge in [-0.25, -0.2) is 0 Å². The fourth-order valence-corrected chi connectivity index (χ4v) is 2.36. The summed E-state index contributed by atoms with van der Waals surface area (Å²) in [4.78, 5) is 0. The number of hydrogen-bond donors (Lipinski definition) is 1. The molecular formula is C16H17ClO. The van der Waals surface area contributed by atoms with Crippen molar-refractivity contribution in [3.63, 3.8) is 0 Å². The molecule has 1 nitrogen and oxygen atoms in total. The largest absolute Gasteiger partial charge is 0.396 e. The molecular weight excluding hydrogens is 244 g/mol. The number of aliphatic hydroxyl groups excluding tert-OH is 1. The summed E-state index contributed by atoms with van der Waals surface area (Å²) in [6.45, 7) is 0.196. The average Bonchev–Trinajstić information content (AvgIpc) is 2.39. The van der Waals surface area contributed by atoms with Crippen LogP contribution in [0.3, 0.4) is 0 Å². The molecule has 0 spiro atoms. The molecule has 2 aromatic carbocycles. The highest BCUT2D eigenvalue weighted by atomic mass is 35.5. The van der Waals surface area contributed by atoms with Gasteiger partial charge >= 0.3 is 0 Å². The van der Waals surface area contributed by atoms with Crippen molar-refractivity contribution >= 4 is 11.6 Å². The van der Waals surface area contributed by atoms with Gasteiger partial charge < -0.3 is 5.11 Å². The van der Waals surface area contributed by atoms with E-state index in [9.17, 15) is 5.11 Å². The van der Waals surface area contributed by atoms with E-state index in [0.717, 1.165) is 17.9 Å². The molecule has 0 aliphatic carbocycles. The summed E-state index contributed by atoms with van der Waals surface area (Å²) in [5.41, 5.74) is 2.44. The molecule has 2 aromatic rings. The molecule has 2 rings (SSSR count). The van der Waals surface area contributed by atoms with Crippen LogP contribution < -0.4 is 0 Å². The normalized spacial score (nSPS) is 12.3. The van der Waals surface area contributed by atoms with Crippen LogP contribution in [0.2, 0.25) is 5.02 Å². The van der Waals surface area contributed by atoms with Crippen molar-refractivity contribution in [1.82, 2.24) is 0 Å². The van der Waals surface area contributed by atoms with Crippen molar-refractivity contribution in [2.24, 2.45) is 5.92 Å². The van der Waals surface area contributed by atoms with E-state index in [1.54, 1.807) is 0 Å². The Morgan fingerprint density at radius 3 is 2.22 bits per heavy atom. The second-order valence-electron chi connectivity index (χ2n) is 4.57. The van der Waals surface area contributed by atoms with E-state index in [2.05, 4.69) is 18.2 Å². The Morgan fingerprint density at radius 2 is 1.56 bits per heavy atom. The molecule has 0 saturated heterocycles. The van der Waals surface area contributed by atoms with Crippen molar-refractivity contribution in [2.45, 2.75) is 12.8 Å². The van der Waals surface area contributed by atoms with E-state index >= 15 is 0 Å². The topological polar surface area (TPSA) is 20.2 Å². The van der Waals surface area contributed by atoms with Crippen LogP contribution in [0.1, 0.15) is 11.1 Å². The van der Waals surface area contributed by atoms with Gasteiger partial charge in [0.15, 0.2) is 0 Å². The van der Waals surface area contributed by atoms with Crippen molar-refractivity contribution in [3.05, 3.63) is 70.7 Å². The monoisotopic (exact) mass is 260 g/mol. The van der Waals surface area contributed by atoms with Gasteiger partial charge in [-0.15, -0.1) is 0 Å². The van der Waals surface area contributed by atoms with Gasteiger partial charge in [-0.3, -0.25) is 0 Å². The van der Waals surface area contributed by atoms with Gasteiger partial charge in [-0.2, -0.15) is 0 Å². The predicted octanol–water partition coefficient (Wildman–Crippen LogP) is 3.73. The summed E-state index contributed by atoms with van der Waals surface area (Å²) < 4.78 is 0. The lowest BCUT2D eigenvalue weighted by molar-refractivity contribution is 0.225. The Morgan fingerprint density at radius 1 is 0.889 bits per heavy atom. The Hall–Kier alpha value is -1.31. The first kappa shape index (κ1) is 13.1. The average molecular weight is 261 g/mol. The summed E-state index contributed by atoms with van der Waals surface area (Å²) >= 11 is 5.97. The fraction of sp³-hybridized carbons (Fsp3) is 0.250. The molecule has 1 N–H and O–H groups in total. The standard InChI is InChI=1S/C16H17ClO/c17-16-8-4-7-14(11-16)10-15(12-18)9-13-5-2-1-3-6-13/h1-8,11,15,18H,9-10,12H2. The Balaban J connectivity index is 2.01. The molecule has 2 heteroatoms.